The molecule has 6 heteroatoms. The van der Waals surface area contributed by atoms with Crippen LogP contribution in [-0.4, -0.2) is 29.9 Å². The number of aliphatic imine (C=N–C) groups is 1. The molecule has 0 radical (unpaired) electrons. The summed E-state index contributed by atoms with van der Waals surface area (Å²) in [6.07, 6.45) is 5.70. The fourth-order valence-corrected chi connectivity index (χ4v) is 3.03. The predicted molar refractivity (Wildman–Crippen MR) is 86.0 cm³/mol. The number of nitrogens with one attached hydrogen (secondary N) is 1. The third-order valence-electron chi connectivity index (χ3n) is 3.66. The zero-order valence-electron chi connectivity index (χ0n) is 11.4. The van der Waals surface area contributed by atoms with Crippen LogP contribution in [0.1, 0.15) is 12.8 Å². The minimum atomic E-state index is 0.0248. The molecule has 0 atom stereocenters. The molecule has 0 spiro atoms. The van der Waals surface area contributed by atoms with Gasteiger partial charge >= 0.3 is 0 Å². The first-order valence-electron chi connectivity index (χ1n) is 6.88. The third kappa shape index (κ3) is 2.92. The Kier molecular flexibility index (Phi) is 4.17. The summed E-state index contributed by atoms with van der Waals surface area (Å²) in [6.45, 7) is 1.19. The van der Waals surface area contributed by atoms with Crippen molar-refractivity contribution >= 4 is 40.8 Å². The van der Waals surface area contributed by atoms with Crippen LogP contribution < -0.4 is 5.32 Å². The van der Waals surface area contributed by atoms with E-state index in [2.05, 4.69) is 10.3 Å². The zero-order chi connectivity index (χ0) is 14.8. The van der Waals surface area contributed by atoms with Gasteiger partial charge in [-0.15, -0.1) is 0 Å². The number of nitrogens with zero attached hydrogens (tertiary/aromatic N) is 2. The van der Waals surface area contributed by atoms with Crippen molar-refractivity contribution in [3.8, 4) is 0 Å². The Balaban J connectivity index is 1.77. The van der Waals surface area contributed by atoms with Crippen molar-refractivity contribution in [1.29, 1.82) is 0 Å². The standard InChI is InChI=1S/C15H15Cl2N3O/c16-11-6-3-7-12(17)13(11)19-15-18-8-9-20(15)14(21)10-4-1-2-5-10/h1-3,6-7,10H,4-5,8-9H2,(H,18,19). The highest BCUT2D eigenvalue weighted by atomic mass is 35.5. The molecule has 3 rings (SSSR count). The van der Waals surface area contributed by atoms with Crippen molar-refractivity contribution in [2.24, 2.45) is 10.9 Å². The van der Waals surface area contributed by atoms with Gasteiger partial charge in [0.1, 0.15) is 0 Å². The molecular weight excluding hydrogens is 309 g/mol. The quantitative estimate of drug-likeness (QED) is 0.845. The van der Waals surface area contributed by atoms with Crippen molar-refractivity contribution in [2.75, 3.05) is 18.4 Å². The molecule has 0 aromatic heterocycles. The van der Waals surface area contributed by atoms with E-state index < -0.39 is 0 Å². The van der Waals surface area contributed by atoms with Crippen molar-refractivity contribution in [3.63, 3.8) is 0 Å². The topological polar surface area (TPSA) is 44.7 Å². The summed E-state index contributed by atoms with van der Waals surface area (Å²) in [6, 6.07) is 5.27. The minimum Gasteiger partial charge on any atom is -0.323 e. The molecule has 1 aromatic rings. The van der Waals surface area contributed by atoms with Gasteiger partial charge in [-0.05, 0) is 25.0 Å². The van der Waals surface area contributed by atoms with E-state index in [0.717, 1.165) is 12.8 Å². The van der Waals surface area contributed by atoms with E-state index in [9.17, 15) is 4.79 Å². The van der Waals surface area contributed by atoms with Crippen LogP contribution in [0.3, 0.4) is 0 Å². The highest BCUT2D eigenvalue weighted by molar-refractivity contribution is 6.39. The second-order valence-corrected chi connectivity index (χ2v) is 5.87. The molecule has 0 unspecified atom stereocenters. The number of rotatable bonds is 2. The summed E-state index contributed by atoms with van der Waals surface area (Å²) in [5.41, 5.74) is 0.587. The van der Waals surface area contributed by atoms with Crippen molar-refractivity contribution < 1.29 is 4.79 Å². The van der Waals surface area contributed by atoms with Crippen LogP contribution in [0.15, 0.2) is 35.3 Å². The molecular formula is C15H15Cl2N3O. The molecule has 2 aliphatic rings. The lowest BCUT2D eigenvalue weighted by molar-refractivity contribution is -0.130. The zero-order valence-corrected chi connectivity index (χ0v) is 12.9. The van der Waals surface area contributed by atoms with E-state index >= 15 is 0 Å². The molecule has 1 aliphatic carbocycles. The molecule has 0 saturated heterocycles. The van der Waals surface area contributed by atoms with Gasteiger partial charge in [-0.3, -0.25) is 14.7 Å². The average Bonchev–Trinajstić information content (AvgIpc) is 3.13. The van der Waals surface area contributed by atoms with E-state index in [1.807, 2.05) is 12.2 Å². The third-order valence-corrected chi connectivity index (χ3v) is 4.29. The number of carbonyl (C=O) groups excluding carboxylic acids is 1. The lowest BCUT2D eigenvalue weighted by Crippen LogP contribution is -2.41. The summed E-state index contributed by atoms with van der Waals surface area (Å²) in [7, 11) is 0. The monoisotopic (exact) mass is 323 g/mol. The number of hydrogen-bond acceptors (Lipinski definition) is 3. The van der Waals surface area contributed by atoms with Crippen LogP contribution in [0.4, 0.5) is 5.69 Å². The number of para-hydroxylation sites is 1. The number of allylic oxidation sites excluding steroid dienone is 2. The number of benzene rings is 1. The summed E-state index contributed by atoms with van der Waals surface area (Å²) < 4.78 is 0. The van der Waals surface area contributed by atoms with E-state index in [1.54, 1.807) is 23.1 Å². The number of hydrogen-bond donors (Lipinski definition) is 1. The maximum atomic E-state index is 12.5. The number of halogens is 2. The molecule has 21 heavy (non-hydrogen) atoms. The molecule has 4 nitrogen and oxygen atoms in total. The van der Waals surface area contributed by atoms with Crippen LogP contribution in [0.25, 0.3) is 0 Å². The largest absolute Gasteiger partial charge is 0.323 e. The van der Waals surface area contributed by atoms with Crippen molar-refractivity contribution in [1.82, 2.24) is 4.90 Å². The van der Waals surface area contributed by atoms with Crippen molar-refractivity contribution in [3.05, 3.63) is 40.4 Å². The van der Waals surface area contributed by atoms with Crippen LogP contribution in [0.2, 0.25) is 10.0 Å². The average molecular weight is 324 g/mol. The van der Waals surface area contributed by atoms with Crippen LogP contribution in [0, 0.1) is 5.92 Å². The molecule has 0 bridgehead atoms. The van der Waals surface area contributed by atoms with Gasteiger partial charge in [-0.25, -0.2) is 0 Å². The van der Waals surface area contributed by atoms with Gasteiger partial charge < -0.3 is 5.32 Å². The van der Waals surface area contributed by atoms with E-state index in [4.69, 9.17) is 23.2 Å². The number of amides is 1. The fourth-order valence-electron chi connectivity index (χ4n) is 2.54. The molecule has 1 N–H and O–H groups in total. The molecule has 1 aliphatic heterocycles. The van der Waals surface area contributed by atoms with Gasteiger partial charge in [-0.1, -0.05) is 41.4 Å². The Hall–Kier alpha value is -1.52. The highest BCUT2D eigenvalue weighted by Crippen LogP contribution is 2.31. The maximum absolute atomic E-state index is 12.5. The Bertz CT molecular complexity index is 599. The summed E-state index contributed by atoms with van der Waals surface area (Å²) in [5, 5.41) is 4.12. The Labute approximate surface area is 133 Å². The Morgan fingerprint density at radius 3 is 2.57 bits per heavy atom. The van der Waals surface area contributed by atoms with Gasteiger partial charge in [0, 0.05) is 12.5 Å². The highest BCUT2D eigenvalue weighted by Gasteiger charge is 2.30. The molecule has 1 aromatic carbocycles. The SMILES string of the molecule is O=C(C1CC=CC1)N1CCN=C1Nc1c(Cl)cccc1Cl. The van der Waals surface area contributed by atoms with Gasteiger partial charge in [0.05, 0.1) is 22.3 Å². The van der Waals surface area contributed by atoms with Crippen molar-refractivity contribution in [2.45, 2.75) is 12.8 Å². The normalized spacial score (nSPS) is 18.2. The summed E-state index contributed by atoms with van der Waals surface area (Å²) in [4.78, 5) is 18.6. The first-order chi connectivity index (χ1) is 10.2. The second kappa shape index (κ2) is 6.08. The number of guanidine groups is 1. The van der Waals surface area contributed by atoms with Crippen LogP contribution in [0.5, 0.6) is 0 Å². The smallest absolute Gasteiger partial charge is 0.233 e. The Morgan fingerprint density at radius 1 is 1.24 bits per heavy atom. The summed E-state index contributed by atoms with van der Waals surface area (Å²) >= 11 is 12.3. The maximum Gasteiger partial charge on any atom is 0.233 e. The second-order valence-electron chi connectivity index (χ2n) is 5.06. The number of anilines is 1. The van der Waals surface area contributed by atoms with E-state index in [1.165, 1.54) is 0 Å². The first-order valence-corrected chi connectivity index (χ1v) is 7.64. The Morgan fingerprint density at radius 2 is 1.90 bits per heavy atom. The lowest BCUT2D eigenvalue weighted by atomic mass is 10.1. The number of carbonyl (C=O) groups is 1. The predicted octanol–water partition coefficient (Wildman–Crippen LogP) is 3.57. The molecule has 0 fully saturated rings. The van der Waals surface area contributed by atoms with Gasteiger partial charge in [0.15, 0.2) is 0 Å². The van der Waals surface area contributed by atoms with Gasteiger partial charge in [0.2, 0.25) is 11.9 Å². The molecule has 110 valence electrons. The lowest BCUT2D eigenvalue weighted by Gasteiger charge is -2.23. The van der Waals surface area contributed by atoms with Crippen LogP contribution in [-0.2, 0) is 4.79 Å². The first kappa shape index (κ1) is 14.4. The fraction of sp³-hybridized carbons (Fsp3) is 0.333. The summed E-state index contributed by atoms with van der Waals surface area (Å²) in [5.74, 6) is 0.658. The van der Waals surface area contributed by atoms with Gasteiger partial charge in [-0.2, -0.15) is 0 Å². The molecule has 1 amide bonds. The van der Waals surface area contributed by atoms with E-state index in [0.29, 0.717) is 34.8 Å². The molecule has 0 saturated carbocycles. The molecule has 1 heterocycles. The van der Waals surface area contributed by atoms with E-state index in [-0.39, 0.29) is 11.8 Å². The van der Waals surface area contributed by atoms with Gasteiger partial charge in [0.25, 0.3) is 0 Å². The minimum absolute atomic E-state index is 0.0248. The van der Waals surface area contributed by atoms with Crippen LogP contribution >= 0.6 is 23.2 Å².